The van der Waals surface area contributed by atoms with Crippen LogP contribution >= 0.6 is 0 Å². The molecule has 3 aliphatic heterocycles. The fraction of sp³-hybridized carbons (Fsp3) is 0.932. The van der Waals surface area contributed by atoms with Gasteiger partial charge in [-0.25, -0.2) is 26.3 Å². The van der Waals surface area contributed by atoms with Gasteiger partial charge in [-0.3, -0.25) is 19.2 Å². The number of hydrogen-bond donors (Lipinski definition) is 11. The first-order chi connectivity index (χ1) is 49.3. The molecular formula is C73H134B4ClF3N8O19S2-2. The summed E-state index contributed by atoms with van der Waals surface area (Å²) in [5, 5.41) is 46.6. The zero-order valence-corrected chi connectivity index (χ0v) is 68.7. The second-order valence-electron chi connectivity index (χ2n) is 36.2. The average Bonchev–Trinajstić information content (AvgIpc) is 1.34. The van der Waals surface area contributed by atoms with Crippen molar-refractivity contribution in [2.45, 2.75) is 335 Å². The van der Waals surface area contributed by atoms with Crippen molar-refractivity contribution < 1.29 is 115 Å². The largest absolute Gasteiger partial charge is 1.00 e. The van der Waals surface area contributed by atoms with E-state index in [-0.39, 0.29) is 112 Å². The van der Waals surface area contributed by atoms with Crippen LogP contribution in [0.2, 0.25) is 0 Å². The summed E-state index contributed by atoms with van der Waals surface area (Å²) in [5.41, 5.74) is 12.5. The lowest BCUT2D eigenvalue weighted by atomic mass is 9.43. The number of amides is 3. The highest BCUT2D eigenvalue weighted by Gasteiger charge is 2.71. The lowest BCUT2D eigenvalue weighted by Crippen LogP contribution is -3.00. The average molecular weight is 1630 g/mol. The highest BCUT2D eigenvalue weighted by Crippen LogP contribution is 2.68. The fourth-order valence-corrected chi connectivity index (χ4v) is 20.7. The van der Waals surface area contributed by atoms with Gasteiger partial charge in [-0.15, -0.1) is 0 Å². The number of nitrogens with one attached hydrogen (secondary N) is 6. The predicted molar refractivity (Wildman–Crippen MR) is 411 cm³/mol. The normalized spacial score (nSPS) is 32.9. The van der Waals surface area contributed by atoms with Crippen molar-refractivity contribution >= 4 is 78.2 Å². The van der Waals surface area contributed by atoms with Gasteiger partial charge in [0.1, 0.15) is 12.0 Å². The second kappa shape index (κ2) is 38.2. The van der Waals surface area contributed by atoms with Crippen molar-refractivity contribution in [3.05, 3.63) is 0 Å². The van der Waals surface area contributed by atoms with Crippen LogP contribution in [0.3, 0.4) is 0 Å². The van der Waals surface area contributed by atoms with E-state index in [0.29, 0.717) is 58.7 Å². The summed E-state index contributed by atoms with van der Waals surface area (Å²) in [5.74, 6) is 0.423. The van der Waals surface area contributed by atoms with Gasteiger partial charge >= 0.3 is 40.6 Å². The van der Waals surface area contributed by atoms with E-state index in [1.54, 1.807) is 27.8 Å². The van der Waals surface area contributed by atoms with Crippen molar-refractivity contribution in [3.63, 3.8) is 0 Å². The molecular weight excluding hydrogens is 1490 g/mol. The van der Waals surface area contributed by atoms with Gasteiger partial charge < -0.3 is 98.1 Å². The van der Waals surface area contributed by atoms with Gasteiger partial charge in [0.15, 0.2) is 0 Å². The summed E-state index contributed by atoms with van der Waals surface area (Å²) in [6, 6.07) is -2.72. The summed E-state index contributed by atoms with van der Waals surface area (Å²) < 4.78 is 120. The molecule has 3 heterocycles. The molecule has 37 heteroatoms. The number of carbonyl (C=O) groups excluding carboxylic acids is 4. The maximum absolute atomic E-state index is 12.7. The number of likely N-dealkylation sites (N-methyl/N-ethyl adjacent to an activating group) is 1. The number of carboxylic acids is 2. The minimum absolute atomic E-state index is 0. The lowest BCUT2D eigenvalue weighted by molar-refractivity contribution is -0.344. The van der Waals surface area contributed by atoms with Gasteiger partial charge in [-0.1, -0.05) is 133 Å². The van der Waals surface area contributed by atoms with E-state index in [0.717, 1.165) is 101 Å². The van der Waals surface area contributed by atoms with Crippen LogP contribution in [0, 0.1) is 75.4 Å². The number of carboxylic acid groups (broad SMARTS) is 2. The van der Waals surface area contributed by atoms with Crippen molar-refractivity contribution in [1.29, 1.82) is 0 Å². The third kappa shape index (κ3) is 23.1. The van der Waals surface area contributed by atoms with E-state index in [1.165, 1.54) is 71.1 Å². The zero-order chi connectivity index (χ0) is 79.9. The van der Waals surface area contributed by atoms with Crippen LogP contribution in [0.1, 0.15) is 246 Å². The Morgan fingerprint density at radius 2 is 0.827 bits per heavy atom. The number of carbonyl (C=O) groups is 5. The molecule has 16 rings (SSSR count). The van der Waals surface area contributed by atoms with E-state index in [4.69, 9.17) is 54.4 Å². The molecule has 13 aliphatic carbocycles. The summed E-state index contributed by atoms with van der Waals surface area (Å²) in [4.78, 5) is 55.3. The minimum atomic E-state index is -5.19. The monoisotopic (exact) mass is 1630 g/mol. The van der Waals surface area contributed by atoms with E-state index in [2.05, 4.69) is 93.0 Å². The van der Waals surface area contributed by atoms with Crippen LogP contribution in [-0.2, 0) is 71.9 Å². The smallest absolute Gasteiger partial charge is 0.481 e. The first kappa shape index (κ1) is 97.6. The zero-order valence-electron chi connectivity index (χ0n) is 66.3. The molecule has 13 saturated carbocycles. The van der Waals surface area contributed by atoms with Crippen molar-refractivity contribution in [2.24, 2.45) is 86.9 Å². The predicted octanol–water partition coefficient (Wildman–Crippen LogP) is 2.78. The number of halogens is 4. The second-order valence-corrected chi connectivity index (χ2v) is 39.8. The molecule has 0 aromatic heterocycles. The molecule has 0 aromatic carbocycles. The maximum atomic E-state index is 12.7. The van der Waals surface area contributed by atoms with E-state index >= 15 is 0 Å². The van der Waals surface area contributed by atoms with Gasteiger partial charge in [-0.05, 0) is 195 Å². The van der Waals surface area contributed by atoms with Gasteiger partial charge in [0, 0.05) is 5.94 Å². The van der Waals surface area contributed by atoms with Crippen LogP contribution in [0.15, 0.2) is 0 Å². The van der Waals surface area contributed by atoms with Crippen LogP contribution in [0.4, 0.5) is 13.2 Å². The highest BCUT2D eigenvalue weighted by molar-refractivity contribution is 7.89. The van der Waals surface area contributed by atoms with E-state index < -0.39 is 88.4 Å². The molecule has 16 aliphatic rings. The Hall–Kier alpha value is -2.93. The van der Waals surface area contributed by atoms with Gasteiger partial charge in [0.25, 0.3) is 0 Å². The Morgan fingerprint density at radius 3 is 1.09 bits per heavy atom. The first-order valence-corrected chi connectivity index (χ1v) is 43.0. The summed E-state index contributed by atoms with van der Waals surface area (Å²) in [6.07, 6.45) is 22.2. The quantitative estimate of drug-likeness (QED) is 0.0619. The Balaban J connectivity index is 0.000000248. The molecule has 20 atom stereocenters. The number of aliphatic carboxylic acids is 2. The lowest BCUT2D eigenvalue weighted by Gasteiger charge is -2.64. The standard InChI is InChI=1S/C20H35BN2O5S.C19H33BN2O3.C16H28BNO2.C10H21BN2O5S.C4H9NO2.C2HF3O2.2CH4.ClH/c1-12(23-29(5,25)26)18(24)22-17(9-13-7-6-8-13)21-27-16-11-14-10-15(19(14,2)3)20(16,4)28-21;1-11(21)17(23)22-16(8-12-6-5-7-12)20-24-15-10-13-9-14(18(13,2)3)19(15,4)25-20;1-15(2)11-8-12(15)16(3)13(9-11)19-17(20-16)14(18)7-10-5-4-6-10;1-7(13-19(2,17)18)10(14)12-9(11(15)16)6-8-4-3-5-8;1-3(5-2)4(6)7;3-2(4,5)1(6)7;;;/h12-17,23H,6-11H2,1-5H3,(H,22,24);11-16H,5-10,21H2,1-4H3,(H,22,23);10-14H,4-9,18H2,1-3H3;7-9,13,15-16H,3-6H2,1-2H3,(H,12,14);3,5H,1-2H3,(H,6,7);(H,6,7);2*1H4;1H/p-2/t12?,14-,15-,16+,17-,20-;11?,13-,14-,15?,16-,19-;11-,12-,13+,14-,16-;7?,9-;;;;;/m0000...../s1. The molecule has 13 N–H and O–H groups in total. The topological polar surface area (TPSA) is 417 Å². The van der Waals surface area contributed by atoms with Crippen LogP contribution in [0.5, 0.6) is 0 Å². The molecule has 0 radical (unpaired) electrons. The third-order valence-electron chi connectivity index (χ3n) is 27.5. The minimum Gasteiger partial charge on any atom is -1.00 e. The SMILES string of the molecule is C.C.CC(N)C(=O)N[C@@H](CC1CCC1)B1OC2C[C@@H]3C[C@@H](C3(C)C)[C@]2(C)O1.CC(NS(C)(=O)=O)C(=O)N[C@@H](CC1CCC1)B(O)O.CC(NS(C)(=O)=O)C(=O)N[C@@H](CC1CCC1)B1O[C@@H]2C[C@@H]3C[C@@H](C3(C)C)[C@]2(C)O1.CC1(C)[C@@H]2C[C@H]3OB([C@@H](N)CC4CCC4)O[C@@]3(C)[C@H]1C2.CNC(C)C(=O)O.O=C([O-])C(F)(F)F.[Cl-]. The Morgan fingerprint density at radius 1 is 0.527 bits per heavy atom. The van der Waals surface area contributed by atoms with E-state index in [1.807, 2.05) is 0 Å². The summed E-state index contributed by atoms with van der Waals surface area (Å²) in [6.45, 7) is 27.2. The molecule has 0 spiro atoms. The molecule has 6 bridgehead atoms. The van der Waals surface area contributed by atoms with Crippen LogP contribution in [0.25, 0.3) is 0 Å². The summed E-state index contributed by atoms with van der Waals surface area (Å²) in [7, 11) is -7.95. The Bertz CT molecular complexity index is 3320. The molecule has 3 saturated heterocycles. The van der Waals surface area contributed by atoms with Crippen molar-refractivity contribution in [1.82, 2.24) is 30.7 Å². The Kier molecular flexibility index (Phi) is 33.9. The number of alkyl halides is 3. The molecule has 0 aromatic rings. The van der Waals surface area contributed by atoms with Gasteiger partial charge in [0.05, 0.1) is 83.6 Å². The molecule has 110 heavy (non-hydrogen) atoms. The number of rotatable bonds is 24. The van der Waals surface area contributed by atoms with Crippen molar-refractivity contribution in [2.75, 3.05) is 19.6 Å². The molecule has 16 fully saturated rings. The molecule has 27 nitrogen and oxygen atoms in total. The number of hydrogen-bond acceptors (Lipinski definition) is 21. The first-order valence-electron chi connectivity index (χ1n) is 39.2. The molecule has 3 amide bonds. The third-order valence-corrected chi connectivity index (χ3v) is 29.1. The van der Waals surface area contributed by atoms with Gasteiger partial charge in [-0.2, -0.15) is 13.2 Å². The maximum Gasteiger partial charge on any atom is 0.481 e. The van der Waals surface area contributed by atoms with Gasteiger partial charge in [0.2, 0.25) is 37.8 Å². The van der Waals surface area contributed by atoms with E-state index in [9.17, 15) is 59.2 Å². The van der Waals surface area contributed by atoms with Crippen molar-refractivity contribution in [3.8, 4) is 0 Å². The number of nitrogens with two attached hydrogens (primary N) is 2. The van der Waals surface area contributed by atoms with Crippen LogP contribution in [-0.4, -0.2) is 199 Å². The highest BCUT2D eigenvalue weighted by atomic mass is 35.5. The number of sulfonamides is 2. The fourth-order valence-electron chi connectivity index (χ4n) is 19.2. The summed E-state index contributed by atoms with van der Waals surface area (Å²) >= 11 is 0. The van der Waals surface area contributed by atoms with Crippen LogP contribution < -0.4 is 59.7 Å². The molecule has 634 valence electrons. The molecule has 5 unspecified atom stereocenters. The Labute approximate surface area is 661 Å².